The molecule has 1 saturated heterocycles. The number of benzene rings is 1. The highest BCUT2D eigenvalue weighted by Gasteiger charge is 2.26. The molecule has 2 rings (SSSR count). The third-order valence-electron chi connectivity index (χ3n) is 3.43. The van der Waals surface area contributed by atoms with Crippen molar-refractivity contribution < 1.29 is 8.42 Å². The number of nitrogens with one attached hydrogen (secondary N) is 2. The van der Waals surface area contributed by atoms with Crippen molar-refractivity contribution in [2.24, 2.45) is 5.92 Å². The Hall–Kier alpha value is -1.13. The van der Waals surface area contributed by atoms with Crippen LogP contribution < -0.4 is 10.0 Å². The number of halogens is 1. The van der Waals surface area contributed by atoms with Crippen LogP contribution in [0.4, 0.5) is 0 Å². The Kier molecular flexibility index (Phi) is 5.96. The van der Waals surface area contributed by atoms with Crippen molar-refractivity contribution in [3.63, 3.8) is 0 Å². The summed E-state index contributed by atoms with van der Waals surface area (Å²) in [5.74, 6) is 0.314. The maximum absolute atomic E-state index is 12.2. The molecular weight excluding hydrogens is 298 g/mol. The van der Waals surface area contributed by atoms with Crippen molar-refractivity contribution >= 4 is 22.4 Å². The van der Waals surface area contributed by atoms with Gasteiger partial charge in [-0.05, 0) is 43.1 Å². The summed E-state index contributed by atoms with van der Waals surface area (Å²) < 4.78 is 27.2. The number of hydrogen-bond donors (Lipinski definition) is 2. The van der Waals surface area contributed by atoms with Gasteiger partial charge < -0.3 is 5.32 Å². The zero-order valence-electron chi connectivity index (χ0n) is 11.2. The molecule has 1 aliphatic heterocycles. The smallest absolute Gasteiger partial charge is 0.240 e. The molecule has 0 amide bonds. The second-order valence-corrected chi connectivity index (χ2v) is 6.55. The molecule has 1 heterocycles. The minimum absolute atomic E-state index is 0. The molecule has 0 aliphatic carbocycles. The topological polar surface area (TPSA) is 82.0 Å². The van der Waals surface area contributed by atoms with E-state index in [4.69, 9.17) is 5.26 Å². The molecule has 20 heavy (non-hydrogen) atoms. The molecule has 0 spiro atoms. The summed E-state index contributed by atoms with van der Waals surface area (Å²) in [5, 5.41) is 11.9. The molecule has 1 fully saturated rings. The first-order valence-electron chi connectivity index (χ1n) is 6.26. The van der Waals surface area contributed by atoms with Gasteiger partial charge in [0.15, 0.2) is 0 Å². The summed E-state index contributed by atoms with van der Waals surface area (Å²) in [6.07, 6.45) is 0.959. The van der Waals surface area contributed by atoms with E-state index < -0.39 is 10.0 Å². The third kappa shape index (κ3) is 3.93. The lowest BCUT2D eigenvalue weighted by atomic mass is 9.96. The van der Waals surface area contributed by atoms with Gasteiger partial charge in [0.05, 0.1) is 16.5 Å². The zero-order valence-corrected chi connectivity index (χ0v) is 12.8. The van der Waals surface area contributed by atoms with Crippen LogP contribution in [0.2, 0.25) is 0 Å². The van der Waals surface area contributed by atoms with Crippen LogP contribution in [0.15, 0.2) is 29.2 Å². The minimum atomic E-state index is -3.52. The van der Waals surface area contributed by atoms with Crippen molar-refractivity contribution in [1.82, 2.24) is 10.0 Å². The number of nitrogens with zero attached hydrogens (tertiary/aromatic N) is 1. The van der Waals surface area contributed by atoms with Gasteiger partial charge in [-0.2, -0.15) is 5.26 Å². The number of rotatable bonds is 3. The van der Waals surface area contributed by atoms with E-state index in [0.29, 0.717) is 18.0 Å². The highest BCUT2D eigenvalue weighted by molar-refractivity contribution is 7.89. The van der Waals surface area contributed by atoms with E-state index >= 15 is 0 Å². The monoisotopic (exact) mass is 315 g/mol. The standard InChI is InChI=1S/C13H17N3O2S.ClH/c1-10-6-7-15-9-13(10)16-19(17,18)12-4-2-11(8-14)3-5-12;/h2-5,10,13,15-16H,6-7,9H2,1H3;1H. The lowest BCUT2D eigenvalue weighted by molar-refractivity contribution is 0.327. The highest BCUT2D eigenvalue weighted by atomic mass is 35.5. The molecule has 0 bridgehead atoms. The molecule has 2 N–H and O–H groups in total. The van der Waals surface area contributed by atoms with Crippen LogP contribution in [0.25, 0.3) is 0 Å². The summed E-state index contributed by atoms with van der Waals surface area (Å²) in [6.45, 7) is 3.62. The van der Waals surface area contributed by atoms with Gasteiger partial charge in [-0.15, -0.1) is 12.4 Å². The van der Waals surface area contributed by atoms with Crippen LogP contribution in [0, 0.1) is 17.2 Å². The van der Waals surface area contributed by atoms with Crippen LogP contribution >= 0.6 is 12.4 Å². The van der Waals surface area contributed by atoms with E-state index in [9.17, 15) is 8.42 Å². The molecule has 7 heteroatoms. The van der Waals surface area contributed by atoms with E-state index in [0.717, 1.165) is 13.0 Å². The average Bonchev–Trinajstić information content (AvgIpc) is 2.41. The maximum atomic E-state index is 12.2. The van der Waals surface area contributed by atoms with E-state index in [2.05, 4.69) is 10.0 Å². The van der Waals surface area contributed by atoms with Crippen LogP contribution in [-0.4, -0.2) is 27.5 Å². The first kappa shape index (κ1) is 16.9. The average molecular weight is 316 g/mol. The van der Waals surface area contributed by atoms with Crippen molar-refractivity contribution in [3.8, 4) is 6.07 Å². The van der Waals surface area contributed by atoms with E-state index in [1.165, 1.54) is 24.3 Å². The van der Waals surface area contributed by atoms with Gasteiger partial charge in [0.1, 0.15) is 0 Å². The van der Waals surface area contributed by atoms with Gasteiger partial charge in [0.25, 0.3) is 0 Å². The SMILES string of the molecule is CC1CCNCC1NS(=O)(=O)c1ccc(C#N)cc1.Cl. The molecule has 1 aliphatic rings. The largest absolute Gasteiger partial charge is 0.315 e. The molecule has 2 unspecified atom stereocenters. The summed E-state index contributed by atoms with van der Waals surface area (Å²) in [5.41, 5.74) is 0.451. The molecule has 0 aromatic heterocycles. The molecule has 1 aromatic rings. The third-order valence-corrected chi connectivity index (χ3v) is 4.93. The summed E-state index contributed by atoms with van der Waals surface area (Å²) in [4.78, 5) is 0.198. The van der Waals surface area contributed by atoms with Crippen molar-refractivity contribution in [3.05, 3.63) is 29.8 Å². The predicted molar refractivity (Wildman–Crippen MR) is 79.2 cm³/mol. The molecular formula is C13H18ClN3O2S. The van der Waals surface area contributed by atoms with Crippen molar-refractivity contribution in [2.45, 2.75) is 24.3 Å². The molecule has 0 saturated carbocycles. The maximum Gasteiger partial charge on any atom is 0.240 e. The summed E-state index contributed by atoms with van der Waals surface area (Å²) in [7, 11) is -3.52. The molecule has 0 radical (unpaired) electrons. The van der Waals surface area contributed by atoms with Crippen LogP contribution in [0.5, 0.6) is 0 Å². The molecule has 1 aromatic carbocycles. The fourth-order valence-corrected chi connectivity index (χ4v) is 3.47. The second-order valence-electron chi connectivity index (χ2n) is 4.83. The van der Waals surface area contributed by atoms with E-state index in [-0.39, 0.29) is 23.3 Å². The van der Waals surface area contributed by atoms with Gasteiger partial charge in [-0.1, -0.05) is 6.92 Å². The Bertz CT molecular complexity index is 581. The number of piperidine rings is 1. The predicted octanol–water partition coefficient (Wildman–Crippen LogP) is 1.26. The summed E-state index contributed by atoms with van der Waals surface area (Å²) >= 11 is 0. The van der Waals surface area contributed by atoms with Gasteiger partial charge in [0.2, 0.25) is 10.0 Å². The first-order valence-corrected chi connectivity index (χ1v) is 7.74. The van der Waals surface area contributed by atoms with Gasteiger partial charge in [-0.25, -0.2) is 13.1 Å². The van der Waals surface area contributed by atoms with Gasteiger partial charge in [0, 0.05) is 12.6 Å². The van der Waals surface area contributed by atoms with Crippen LogP contribution in [0.3, 0.4) is 0 Å². The second kappa shape index (κ2) is 7.04. The molecule has 5 nitrogen and oxygen atoms in total. The first-order chi connectivity index (χ1) is 9.03. The van der Waals surface area contributed by atoms with Gasteiger partial charge >= 0.3 is 0 Å². The lowest BCUT2D eigenvalue weighted by Gasteiger charge is -2.29. The Morgan fingerprint density at radius 1 is 1.35 bits per heavy atom. The Labute approximate surface area is 125 Å². The lowest BCUT2D eigenvalue weighted by Crippen LogP contribution is -2.50. The normalized spacial score (nSPS) is 22.6. The highest BCUT2D eigenvalue weighted by Crippen LogP contribution is 2.16. The number of sulfonamides is 1. The molecule has 2 atom stereocenters. The summed E-state index contributed by atoms with van der Waals surface area (Å²) in [6, 6.07) is 7.82. The molecule has 110 valence electrons. The van der Waals surface area contributed by atoms with E-state index in [1.807, 2.05) is 13.0 Å². The Morgan fingerprint density at radius 3 is 2.55 bits per heavy atom. The quantitative estimate of drug-likeness (QED) is 0.879. The number of hydrogen-bond acceptors (Lipinski definition) is 4. The Morgan fingerprint density at radius 2 is 2.00 bits per heavy atom. The zero-order chi connectivity index (χ0) is 13.9. The van der Waals surface area contributed by atoms with Crippen LogP contribution in [0.1, 0.15) is 18.9 Å². The van der Waals surface area contributed by atoms with Crippen molar-refractivity contribution in [2.75, 3.05) is 13.1 Å². The fourth-order valence-electron chi connectivity index (χ4n) is 2.12. The fraction of sp³-hybridized carbons (Fsp3) is 0.462. The van der Waals surface area contributed by atoms with E-state index in [1.54, 1.807) is 0 Å². The van der Waals surface area contributed by atoms with Gasteiger partial charge in [-0.3, -0.25) is 0 Å². The Balaban J connectivity index is 0.00000200. The minimum Gasteiger partial charge on any atom is -0.315 e. The van der Waals surface area contributed by atoms with Crippen molar-refractivity contribution in [1.29, 1.82) is 5.26 Å². The van der Waals surface area contributed by atoms with Crippen LogP contribution in [-0.2, 0) is 10.0 Å². The number of nitriles is 1.